The predicted molar refractivity (Wildman–Crippen MR) is 63.3 cm³/mol. The number of rotatable bonds is 2. The van der Waals surface area contributed by atoms with Crippen molar-refractivity contribution in [1.29, 1.82) is 0 Å². The van der Waals surface area contributed by atoms with Crippen LogP contribution in [-0.2, 0) is 0 Å². The van der Waals surface area contributed by atoms with Crippen LogP contribution in [0.5, 0.6) is 0 Å². The van der Waals surface area contributed by atoms with E-state index < -0.39 is 12.1 Å². The number of aromatic nitrogens is 1. The minimum absolute atomic E-state index is 0.506. The number of anilines is 1. The molecule has 0 aliphatic rings. The maximum absolute atomic E-state index is 11.1. The molecule has 1 heterocycles. The molecule has 1 N–H and O–H groups in total. The van der Waals surface area contributed by atoms with Gasteiger partial charge in [0.2, 0.25) is 0 Å². The number of amides is 1. The van der Waals surface area contributed by atoms with Gasteiger partial charge >= 0.3 is 6.09 Å². The first-order valence-electron chi connectivity index (χ1n) is 4.08. The highest BCUT2D eigenvalue weighted by molar-refractivity contribution is 9.11. The van der Waals surface area contributed by atoms with Gasteiger partial charge in [-0.1, -0.05) is 17.3 Å². The topological polar surface area (TPSA) is 53.4 Å². The lowest BCUT2D eigenvalue weighted by molar-refractivity contribution is 0.201. The minimum atomic E-state index is -1.07. The summed E-state index contributed by atoms with van der Waals surface area (Å²) in [6.45, 7) is 3.40. The number of terminal acetylenes is 1. The molecule has 80 valence electrons. The number of hydrogen-bond donors (Lipinski definition) is 1. The molecule has 1 atom stereocenters. The Kier molecular flexibility index (Phi) is 3.72. The van der Waals surface area contributed by atoms with Crippen LogP contribution in [0.3, 0.4) is 0 Å². The Hall–Kier alpha value is -1.06. The Labute approximate surface area is 100 Å². The quantitative estimate of drug-likeness (QED) is 0.852. The van der Waals surface area contributed by atoms with E-state index in [0.29, 0.717) is 14.6 Å². The first-order valence-corrected chi connectivity index (χ1v) is 5.69. The fourth-order valence-corrected chi connectivity index (χ4v) is 2.68. The van der Waals surface area contributed by atoms with Crippen LogP contribution >= 0.6 is 27.3 Å². The molecule has 1 aromatic rings. The average molecular weight is 289 g/mol. The fourth-order valence-electron chi connectivity index (χ4n) is 1.08. The van der Waals surface area contributed by atoms with Gasteiger partial charge in [-0.15, -0.1) is 6.42 Å². The summed E-state index contributed by atoms with van der Waals surface area (Å²) < 4.78 is 0.644. The van der Waals surface area contributed by atoms with Crippen molar-refractivity contribution in [2.45, 2.75) is 19.9 Å². The lowest BCUT2D eigenvalue weighted by Gasteiger charge is -2.20. The van der Waals surface area contributed by atoms with E-state index in [0.717, 1.165) is 4.90 Å². The molecule has 0 saturated heterocycles. The van der Waals surface area contributed by atoms with Crippen molar-refractivity contribution in [3.8, 4) is 12.3 Å². The number of carbonyl (C=O) groups is 1. The SMILES string of the molecule is C#CC(C)N(C(=O)O)c1sc(Br)nc1C. The molecule has 1 unspecified atom stereocenters. The zero-order chi connectivity index (χ0) is 11.6. The van der Waals surface area contributed by atoms with Gasteiger partial charge in [0.05, 0.1) is 11.7 Å². The number of aryl methyl sites for hydroxylation is 1. The molecule has 0 saturated carbocycles. The molecule has 6 heteroatoms. The molecule has 0 aliphatic heterocycles. The van der Waals surface area contributed by atoms with Crippen LogP contribution in [0.4, 0.5) is 9.80 Å². The van der Waals surface area contributed by atoms with Crippen LogP contribution in [0.1, 0.15) is 12.6 Å². The third-order valence-electron chi connectivity index (χ3n) is 1.80. The van der Waals surface area contributed by atoms with Crippen molar-refractivity contribution in [2.75, 3.05) is 4.90 Å². The summed E-state index contributed by atoms with van der Waals surface area (Å²) in [6, 6.07) is -0.506. The van der Waals surface area contributed by atoms with Crippen molar-refractivity contribution < 1.29 is 9.90 Å². The Morgan fingerprint density at radius 2 is 2.40 bits per heavy atom. The Morgan fingerprint density at radius 3 is 2.73 bits per heavy atom. The number of nitrogens with zero attached hydrogens (tertiary/aromatic N) is 2. The molecule has 0 fully saturated rings. The summed E-state index contributed by atoms with van der Waals surface area (Å²) >= 11 is 4.46. The van der Waals surface area contributed by atoms with Gasteiger partial charge in [0.1, 0.15) is 5.00 Å². The number of thiazole rings is 1. The summed E-state index contributed by atoms with van der Waals surface area (Å²) in [6.07, 6.45) is 4.15. The third-order valence-corrected chi connectivity index (χ3v) is 3.41. The minimum Gasteiger partial charge on any atom is -0.465 e. The van der Waals surface area contributed by atoms with E-state index in [4.69, 9.17) is 11.5 Å². The van der Waals surface area contributed by atoms with Crippen molar-refractivity contribution in [1.82, 2.24) is 4.98 Å². The lowest BCUT2D eigenvalue weighted by Crippen LogP contribution is -2.36. The zero-order valence-electron chi connectivity index (χ0n) is 8.19. The van der Waals surface area contributed by atoms with Crippen LogP contribution < -0.4 is 4.90 Å². The number of hydrogen-bond acceptors (Lipinski definition) is 3. The summed E-state index contributed by atoms with van der Waals surface area (Å²) in [5.74, 6) is 2.39. The highest BCUT2D eigenvalue weighted by atomic mass is 79.9. The second-order valence-electron chi connectivity index (χ2n) is 2.85. The molecule has 4 nitrogen and oxygen atoms in total. The van der Waals surface area contributed by atoms with Crippen molar-refractivity contribution in [3.63, 3.8) is 0 Å². The molecule has 1 amide bonds. The Morgan fingerprint density at radius 1 is 1.80 bits per heavy atom. The second-order valence-corrected chi connectivity index (χ2v) is 5.11. The zero-order valence-corrected chi connectivity index (χ0v) is 10.6. The molecule has 0 aromatic carbocycles. The second kappa shape index (κ2) is 4.64. The van der Waals surface area contributed by atoms with Gasteiger partial charge in [-0.3, -0.25) is 4.90 Å². The van der Waals surface area contributed by atoms with E-state index in [2.05, 4.69) is 26.8 Å². The largest absolute Gasteiger partial charge is 0.465 e. The van der Waals surface area contributed by atoms with E-state index in [-0.39, 0.29) is 0 Å². The van der Waals surface area contributed by atoms with Gasteiger partial charge in [0.25, 0.3) is 0 Å². The summed E-state index contributed by atoms with van der Waals surface area (Å²) in [5.41, 5.74) is 0.649. The summed E-state index contributed by atoms with van der Waals surface area (Å²) in [5, 5.41) is 9.61. The molecule has 0 radical (unpaired) electrons. The number of halogens is 1. The van der Waals surface area contributed by atoms with Crippen molar-refractivity contribution in [2.24, 2.45) is 0 Å². The highest BCUT2D eigenvalue weighted by Crippen LogP contribution is 2.32. The predicted octanol–water partition coefficient (Wildman–Crippen LogP) is 2.72. The van der Waals surface area contributed by atoms with Gasteiger partial charge in [0, 0.05) is 0 Å². The molecule has 1 rings (SSSR count). The maximum Gasteiger partial charge on any atom is 0.413 e. The smallest absolute Gasteiger partial charge is 0.413 e. The molecule has 0 spiro atoms. The molecule has 0 aliphatic carbocycles. The Bertz CT molecular complexity index is 424. The first-order chi connectivity index (χ1) is 6.97. The normalized spacial score (nSPS) is 11.9. The van der Waals surface area contributed by atoms with E-state index >= 15 is 0 Å². The van der Waals surface area contributed by atoms with Gasteiger partial charge in [0.15, 0.2) is 3.92 Å². The Balaban J connectivity index is 3.16. The van der Waals surface area contributed by atoms with Crippen LogP contribution in [0, 0.1) is 19.3 Å². The monoisotopic (exact) mass is 288 g/mol. The molecule has 0 bridgehead atoms. The van der Waals surface area contributed by atoms with Crippen LogP contribution in [-0.4, -0.2) is 22.2 Å². The maximum atomic E-state index is 11.1. The number of carboxylic acid groups (broad SMARTS) is 1. The van der Waals surface area contributed by atoms with E-state index in [1.54, 1.807) is 13.8 Å². The van der Waals surface area contributed by atoms with Crippen LogP contribution in [0.25, 0.3) is 0 Å². The first kappa shape index (κ1) is 12.0. The average Bonchev–Trinajstić information content (AvgIpc) is 2.45. The van der Waals surface area contributed by atoms with Crippen molar-refractivity contribution >= 4 is 38.4 Å². The van der Waals surface area contributed by atoms with E-state index in [1.807, 2.05) is 0 Å². The van der Waals surface area contributed by atoms with Crippen LogP contribution in [0.2, 0.25) is 0 Å². The lowest BCUT2D eigenvalue weighted by atomic mass is 10.3. The fraction of sp³-hybridized carbons (Fsp3) is 0.333. The van der Waals surface area contributed by atoms with Gasteiger partial charge in [-0.2, -0.15) is 0 Å². The molecule has 15 heavy (non-hydrogen) atoms. The van der Waals surface area contributed by atoms with Crippen molar-refractivity contribution in [3.05, 3.63) is 9.61 Å². The highest BCUT2D eigenvalue weighted by Gasteiger charge is 2.24. The standard InChI is InChI=1S/C9H9BrN2O2S/c1-4-5(2)12(9(13)14)7-6(3)11-8(10)15-7/h1,5H,2-3H3,(H,13,14). The van der Waals surface area contributed by atoms with Gasteiger partial charge in [-0.05, 0) is 29.8 Å². The molecular formula is C9H9BrN2O2S. The van der Waals surface area contributed by atoms with Gasteiger partial charge < -0.3 is 5.11 Å². The third kappa shape index (κ3) is 2.49. The molecule has 1 aromatic heterocycles. The van der Waals surface area contributed by atoms with Crippen LogP contribution in [0.15, 0.2) is 3.92 Å². The molecular weight excluding hydrogens is 280 g/mol. The van der Waals surface area contributed by atoms with Gasteiger partial charge in [-0.25, -0.2) is 9.78 Å². The van der Waals surface area contributed by atoms with E-state index in [1.165, 1.54) is 11.3 Å². The summed E-state index contributed by atoms with van der Waals surface area (Å²) in [7, 11) is 0. The van der Waals surface area contributed by atoms with E-state index in [9.17, 15) is 4.79 Å². The summed E-state index contributed by atoms with van der Waals surface area (Å²) in [4.78, 5) is 16.3.